The molecule has 26 heavy (non-hydrogen) atoms. The van der Waals surface area contributed by atoms with Gasteiger partial charge in [0.15, 0.2) is 6.61 Å². The molecule has 1 saturated carbocycles. The van der Waals surface area contributed by atoms with E-state index in [1.807, 2.05) is 24.5 Å². The summed E-state index contributed by atoms with van der Waals surface area (Å²) in [5.74, 6) is 2.44. The molecule has 3 aromatic heterocycles. The van der Waals surface area contributed by atoms with Crippen LogP contribution in [0.25, 0.3) is 11.0 Å². The van der Waals surface area contributed by atoms with E-state index in [9.17, 15) is 4.79 Å². The Bertz CT molecular complexity index is 1010. The minimum atomic E-state index is -0.0870. The second kappa shape index (κ2) is 5.69. The molecule has 1 aliphatic heterocycles. The number of anilines is 3. The van der Waals surface area contributed by atoms with Crippen LogP contribution < -0.4 is 15.0 Å². The van der Waals surface area contributed by atoms with Crippen LogP contribution in [0.4, 0.5) is 17.3 Å². The minimum absolute atomic E-state index is 0.00448. The number of hydrogen-bond donors (Lipinski definition) is 1. The molecule has 2 aliphatic rings. The zero-order chi connectivity index (χ0) is 17.7. The van der Waals surface area contributed by atoms with Crippen molar-refractivity contribution < 1.29 is 9.53 Å². The van der Waals surface area contributed by atoms with Crippen molar-refractivity contribution in [2.45, 2.75) is 19.4 Å². The quantitative estimate of drug-likeness (QED) is 0.777. The van der Waals surface area contributed by atoms with Gasteiger partial charge in [0.05, 0.1) is 18.0 Å². The summed E-state index contributed by atoms with van der Waals surface area (Å²) in [4.78, 5) is 26.5. The highest BCUT2D eigenvalue weighted by atomic mass is 16.5. The van der Waals surface area contributed by atoms with E-state index in [1.54, 1.807) is 18.1 Å². The number of likely N-dealkylation sites (N-methyl/N-ethyl adjacent to an activating group) is 1. The normalized spacial score (nSPS) is 16.5. The second-order valence-electron chi connectivity index (χ2n) is 6.79. The number of rotatable bonds is 4. The predicted molar refractivity (Wildman–Crippen MR) is 96.7 cm³/mol. The molecule has 1 N–H and O–H groups in total. The van der Waals surface area contributed by atoms with E-state index in [4.69, 9.17) is 4.74 Å². The summed E-state index contributed by atoms with van der Waals surface area (Å²) in [5, 5.41) is 3.21. The maximum atomic E-state index is 11.7. The fourth-order valence-electron chi connectivity index (χ4n) is 3.11. The van der Waals surface area contributed by atoms with Crippen molar-refractivity contribution in [3.8, 4) is 5.88 Å². The molecule has 5 rings (SSSR count). The van der Waals surface area contributed by atoms with Gasteiger partial charge in [-0.1, -0.05) is 0 Å². The third-order valence-electron chi connectivity index (χ3n) is 4.82. The third kappa shape index (κ3) is 2.63. The number of imidazole rings is 1. The molecule has 0 atom stereocenters. The molecule has 0 unspecified atom stereocenters. The molecule has 1 aliphatic carbocycles. The lowest BCUT2D eigenvalue weighted by atomic mass is 10.3. The van der Waals surface area contributed by atoms with E-state index in [2.05, 4.69) is 24.8 Å². The van der Waals surface area contributed by atoms with E-state index in [0.717, 1.165) is 23.5 Å². The molecular formula is C18H18N6O2. The number of nitrogens with zero attached hydrogens (tertiary/aromatic N) is 5. The summed E-state index contributed by atoms with van der Waals surface area (Å²) in [6.07, 6.45) is 6.24. The molecule has 8 nitrogen and oxygen atoms in total. The first-order valence-electron chi connectivity index (χ1n) is 8.66. The summed E-state index contributed by atoms with van der Waals surface area (Å²) in [7, 11) is 1.72. The maximum Gasteiger partial charge on any atom is 0.264 e. The Labute approximate surface area is 149 Å². The van der Waals surface area contributed by atoms with Crippen molar-refractivity contribution in [3.63, 3.8) is 0 Å². The van der Waals surface area contributed by atoms with Crippen molar-refractivity contribution in [3.05, 3.63) is 30.7 Å². The number of ether oxygens (including phenoxy) is 1. The zero-order valence-corrected chi connectivity index (χ0v) is 14.3. The Kier molecular flexibility index (Phi) is 3.31. The summed E-state index contributed by atoms with van der Waals surface area (Å²) in [6.45, 7) is 1.01. The van der Waals surface area contributed by atoms with Gasteiger partial charge < -0.3 is 19.5 Å². The van der Waals surface area contributed by atoms with Crippen molar-refractivity contribution in [2.24, 2.45) is 5.92 Å². The first-order chi connectivity index (χ1) is 12.7. The zero-order valence-electron chi connectivity index (χ0n) is 14.3. The fourth-order valence-corrected chi connectivity index (χ4v) is 3.11. The SMILES string of the molecule is CN1C(=O)COc2nc(Nc3cc4c(cn3)ncn4CC3CC3)ccc21. The van der Waals surface area contributed by atoms with Gasteiger partial charge in [0.2, 0.25) is 5.88 Å². The molecular weight excluding hydrogens is 332 g/mol. The van der Waals surface area contributed by atoms with Gasteiger partial charge >= 0.3 is 0 Å². The highest BCUT2D eigenvalue weighted by Gasteiger charge is 2.24. The molecule has 1 amide bonds. The van der Waals surface area contributed by atoms with E-state index in [-0.39, 0.29) is 12.5 Å². The van der Waals surface area contributed by atoms with Crippen LogP contribution in [0.3, 0.4) is 0 Å². The van der Waals surface area contributed by atoms with Crippen LogP contribution in [0.1, 0.15) is 12.8 Å². The van der Waals surface area contributed by atoms with Gasteiger partial charge in [0, 0.05) is 19.7 Å². The fraction of sp³-hybridized carbons (Fsp3) is 0.333. The number of carbonyl (C=O) groups excluding carboxylic acids is 1. The van der Waals surface area contributed by atoms with Crippen molar-refractivity contribution >= 4 is 34.3 Å². The number of amides is 1. The maximum absolute atomic E-state index is 11.7. The molecule has 0 bridgehead atoms. The molecule has 4 heterocycles. The largest absolute Gasteiger partial charge is 0.466 e. The standard InChI is InChI=1S/C18H18N6O2/c1-23-13-4-5-15(22-18(13)26-9-17(23)25)21-16-6-14-12(7-19-16)20-10-24(14)8-11-2-3-11/h4-7,10-11H,2-3,8-9H2,1H3,(H,19,21,22). The third-order valence-corrected chi connectivity index (χ3v) is 4.82. The van der Waals surface area contributed by atoms with Gasteiger partial charge in [-0.2, -0.15) is 4.98 Å². The minimum Gasteiger partial charge on any atom is -0.466 e. The molecule has 3 aromatic rings. The number of carbonyl (C=O) groups is 1. The Morgan fingerprint density at radius 1 is 1.27 bits per heavy atom. The smallest absolute Gasteiger partial charge is 0.264 e. The van der Waals surface area contributed by atoms with Crippen LogP contribution in [-0.2, 0) is 11.3 Å². The lowest BCUT2D eigenvalue weighted by Gasteiger charge is -2.25. The molecule has 1 fully saturated rings. The van der Waals surface area contributed by atoms with Gasteiger partial charge in [-0.25, -0.2) is 9.97 Å². The van der Waals surface area contributed by atoms with Crippen molar-refractivity contribution in [2.75, 3.05) is 23.9 Å². The number of pyridine rings is 2. The predicted octanol–water partition coefficient (Wildman–Crippen LogP) is 2.34. The molecule has 0 aromatic carbocycles. The van der Waals surface area contributed by atoms with Crippen LogP contribution in [0.15, 0.2) is 30.7 Å². The van der Waals surface area contributed by atoms with Gasteiger partial charge in [-0.05, 0) is 30.9 Å². The number of nitrogens with one attached hydrogen (secondary N) is 1. The lowest BCUT2D eigenvalue weighted by molar-refractivity contribution is -0.121. The van der Waals surface area contributed by atoms with E-state index in [1.165, 1.54) is 12.8 Å². The first kappa shape index (κ1) is 15.1. The summed E-state index contributed by atoms with van der Waals surface area (Å²) < 4.78 is 7.62. The Hall–Kier alpha value is -3.16. The average Bonchev–Trinajstić information content (AvgIpc) is 3.38. The van der Waals surface area contributed by atoms with Gasteiger partial charge in [0.1, 0.15) is 22.8 Å². The Morgan fingerprint density at radius 2 is 2.15 bits per heavy atom. The number of aromatic nitrogens is 4. The highest BCUT2D eigenvalue weighted by Crippen LogP contribution is 2.33. The molecule has 0 spiro atoms. The molecule has 8 heteroatoms. The Morgan fingerprint density at radius 3 is 3.00 bits per heavy atom. The van der Waals surface area contributed by atoms with E-state index >= 15 is 0 Å². The van der Waals surface area contributed by atoms with E-state index < -0.39 is 0 Å². The molecule has 0 saturated heterocycles. The highest BCUT2D eigenvalue weighted by molar-refractivity contribution is 5.97. The summed E-state index contributed by atoms with van der Waals surface area (Å²) >= 11 is 0. The van der Waals surface area contributed by atoms with Crippen LogP contribution in [0.2, 0.25) is 0 Å². The van der Waals surface area contributed by atoms with Crippen LogP contribution in [0, 0.1) is 5.92 Å². The number of hydrogen-bond acceptors (Lipinski definition) is 6. The van der Waals surface area contributed by atoms with Crippen molar-refractivity contribution in [1.82, 2.24) is 19.5 Å². The molecule has 132 valence electrons. The second-order valence-corrected chi connectivity index (χ2v) is 6.79. The average molecular weight is 350 g/mol. The van der Waals surface area contributed by atoms with Gasteiger partial charge in [0.25, 0.3) is 5.91 Å². The number of fused-ring (bicyclic) bond motifs is 2. The van der Waals surface area contributed by atoms with Gasteiger partial charge in [-0.15, -0.1) is 0 Å². The van der Waals surface area contributed by atoms with Crippen LogP contribution in [0.5, 0.6) is 5.88 Å². The summed E-state index contributed by atoms with van der Waals surface area (Å²) in [6, 6.07) is 5.62. The lowest BCUT2D eigenvalue weighted by Crippen LogP contribution is -2.35. The van der Waals surface area contributed by atoms with Gasteiger partial charge in [-0.3, -0.25) is 4.79 Å². The van der Waals surface area contributed by atoms with Crippen LogP contribution >= 0.6 is 0 Å². The van der Waals surface area contributed by atoms with E-state index in [0.29, 0.717) is 23.2 Å². The molecule has 0 radical (unpaired) electrons. The Balaban J connectivity index is 1.43. The topological polar surface area (TPSA) is 85.2 Å². The van der Waals surface area contributed by atoms with Crippen molar-refractivity contribution in [1.29, 1.82) is 0 Å². The monoisotopic (exact) mass is 350 g/mol. The first-order valence-corrected chi connectivity index (χ1v) is 8.66. The summed E-state index contributed by atoms with van der Waals surface area (Å²) in [5.41, 5.74) is 2.62. The van der Waals surface area contributed by atoms with Crippen LogP contribution in [-0.4, -0.2) is 39.1 Å².